The SMILES string of the molecule is Fc1cc(F)c(F)c(CN2C[C@@H]3C[C@H]2CN3)c1. The minimum atomic E-state index is -1.11. The molecule has 2 heterocycles. The van der Waals surface area contributed by atoms with Crippen LogP contribution in [0.5, 0.6) is 0 Å². The van der Waals surface area contributed by atoms with Gasteiger partial charge in [-0.05, 0) is 12.5 Å². The zero-order valence-corrected chi connectivity index (χ0v) is 9.22. The Labute approximate surface area is 97.4 Å². The van der Waals surface area contributed by atoms with E-state index < -0.39 is 17.5 Å². The van der Waals surface area contributed by atoms with Crippen LogP contribution in [-0.2, 0) is 6.54 Å². The van der Waals surface area contributed by atoms with E-state index in [1.807, 2.05) is 0 Å². The predicted octanol–water partition coefficient (Wildman–Crippen LogP) is 1.65. The lowest BCUT2D eigenvalue weighted by atomic mass is 10.1. The van der Waals surface area contributed by atoms with Crippen molar-refractivity contribution in [2.24, 2.45) is 0 Å². The Balaban J connectivity index is 1.81. The Bertz CT molecular complexity index is 450. The third-order valence-electron chi connectivity index (χ3n) is 3.61. The van der Waals surface area contributed by atoms with Crippen molar-refractivity contribution in [2.45, 2.75) is 25.0 Å². The number of piperazine rings is 1. The van der Waals surface area contributed by atoms with Gasteiger partial charge in [-0.25, -0.2) is 13.2 Å². The fraction of sp³-hybridized carbons (Fsp3) is 0.500. The highest BCUT2D eigenvalue weighted by molar-refractivity contribution is 5.21. The maximum Gasteiger partial charge on any atom is 0.163 e. The summed E-state index contributed by atoms with van der Waals surface area (Å²) in [5.41, 5.74) is 0.107. The normalized spacial score (nSPS) is 27.9. The van der Waals surface area contributed by atoms with Crippen molar-refractivity contribution in [1.82, 2.24) is 10.2 Å². The Hall–Kier alpha value is -1.07. The zero-order valence-electron chi connectivity index (χ0n) is 9.22. The molecule has 2 aliphatic rings. The van der Waals surface area contributed by atoms with Gasteiger partial charge in [-0.1, -0.05) is 0 Å². The van der Waals surface area contributed by atoms with Crippen LogP contribution in [0, 0.1) is 17.5 Å². The van der Waals surface area contributed by atoms with Crippen molar-refractivity contribution < 1.29 is 13.2 Å². The molecule has 0 aliphatic carbocycles. The highest BCUT2D eigenvalue weighted by atomic mass is 19.2. The number of hydrogen-bond acceptors (Lipinski definition) is 2. The molecule has 2 bridgehead atoms. The van der Waals surface area contributed by atoms with Crippen LogP contribution in [0.2, 0.25) is 0 Å². The summed E-state index contributed by atoms with van der Waals surface area (Å²) in [6.07, 6.45) is 1.04. The van der Waals surface area contributed by atoms with Crippen molar-refractivity contribution >= 4 is 0 Å². The lowest BCUT2D eigenvalue weighted by Gasteiger charge is -2.27. The molecule has 0 aromatic heterocycles. The average molecular weight is 242 g/mol. The van der Waals surface area contributed by atoms with Crippen LogP contribution in [-0.4, -0.2) is 30.1 Å². The second kappa shape index (κ2) is 3.99. The van der Waals surface area contributed by atoms with E-state index in [4.69, 9.17) is 0 Å². The van der Waals surface area contributed by atoms with Gasteiger partial charge in [-0.15, -0.1) is 0 Å². The molecule has 3 rings (SSSR count). The quantitative estimate of drug-likeness (QED) is 0.793. The van der Waals surface area contributed by atoms with Crippen LogP contribution in [0.1, 0.15) is 12.0 Å². The van der Waals surface area contributed by atoms with E-state index in [-0.39, 0.29) is 12.1 Å². The van der Waals surface area contributed by atoms with Crippen LogP contribution in [0.3, 0.4) is 0 Å². The van der Waals surface area contributed by atoms with E-state index in [9.17, 15) is 13.2 Å². The molecule has 92 valence electrons. The molecular weight excluding hydrogens is 229 g/mol. The highest BCUT2D eigenvalue weighted by Gasteiger charge is 2.37. The molecule has 0 spiro atoms. The third-order valence-corrected chi connectivity index (χ3v) is 3.61. The summed E-state index contributed by atoms with van der Waals surface area (Å²) in [5, 5.41) is 3.33. The lowest BCUT2D eigenvalue weighted by Crippen LogP contribution is -2.43. The minimum Gasteiger partial charge on any atom is -0.311 e. The van der Waals surface area contributed by atoms with Crippen molar-refractivity contribution in [3.8, 4) is 0 Å². The zero-order chi connectivity index (χ0) is 12.0. The summed E-state index contributed by atoms with van der Waals surface area (Å²) < 4.78 is 39.6. The van der Waals surface area contributed by atoms with E-state index in [2.05, 4.69) is 10.2 Å². The number of fused-ring (bicyclic) bond motifs is 2. The van der Waals surface area contributed by atoms with Crippen molar-refractivity contribution in [1.29, 1.82) is 0 Å². The summed E-state index contributed by atoms with van der Waals surface area (Å²) in [6.45, 7) is 1.98. The first-order chi connectivity index (χ1) is 8.13. The van der Waals surface area contributed by atoms with Gasteiger partial charge >= 0.3 is 0 Å². The molecule has 1 aromatic carbocycles. The van der Waals surface area contributed by atoms with Gasteiger partial charge in [0.05, 0.1) is 0 Å². The number of rotatable bonds is 2. The van der Waals surface area contributed by atoms with E-state index in [0.717, 1.165) is 25.6 Å². The van der Waals surface area contributed by atoms with Crippen molar-refractivity contribution in [3.63, 3.8) is 0 Å². The first-order valence-electron chi connectivity index (χ1n) is 5.74. The molecule has 1 N–H and O–H groups in total. The Morgan fingerprint density at radius 3 is 2.76 bits per heavy atom. The summed E-state index contributed by atoms with van der Waals surface area (Å²) in [6, 6.07) is 2.47. The van der Waals surface area contributed by atoms with Gasteiger partial charge in [0.1, 0.15) is 5.82 Å². The van der Waals surface area contributed by atoms with Crippen LogP contribution >= 0.6 is 0 Å². The molecule has 0 unspecified atom stereocenters. The van der Waals surface area contributed by atoms with Gasteiger partial charge in [0.15, 0.2) is 11.6 Å². The molecule has 5 heteroatoms. The summed E-state index contributed by atoms with van der Waals surface area (Å²) >= 11 is 0. The second-order valence-electron chi connectivity index (χ2n) is 4.78. The number of nitrogens with one attached hydrogen (secondary N) is 1. The van der Waals surface area contributed by atoms with Gasteiger partial charge < -0.3 is 5.32 Å². The predicted molar refractivity (Wildman–Crippen MR) is 56.9 cm³/mol. The molecule has 0 saturated carbocycles. The van der Waals surface area contributed by atoms with E-state index >= 15 is 0 Å². The highest BCUT2D eigenvalue weighted by Crippen LogP contribution is 2.26. The standard InChI is InChI=1S/C12H13F3N2/c13-8-1-7(12(15)11(14)2-8)5-17-6-9-3-10(17)4-16-9/h1-2,9-10,16H,3-6H2/t9-,10-/m0/s1. The van der Waals surface area contributed by atoms with Crippen LogP contribution in [0.4, 0.5) is 13.2 Å². The molecular formula is C12H13F3N2. The van der Waals surface area contributed by atoms with Crippen molar-refractivity contribution in [3.05, 3.63) is 35.1 Å². The molecule has 2 atom stereocenters. The van der Waals surface area contributed by atoms with E-state index in [0.29, 0.717) is 18.2 Å². The van der Waals surface area contributed by atoms with E-state index in [1.54, 1.807) is 0 Å². The molecule has 2 nitrogen and oxygen atoms in total. The second-order valence-corrected chi connectivity index (χ2v) is 4.78. The molecule has 0 radical (unpaired) electrons. The number of hydrogen-bond donors (Lipinski definition) is 1. The average Bonchev–Trinajstić information content (AvgIpc) is 2.87. The Morgan fingerprint density at radius 1 is 1.29 bits per heavy atom. The number of benzene rings is 1. The maximum atomic E-state index is 13.5. The van der Waals surface area contributed by atoms with Crippen LogP contribution in [0.15, 0.2) is 12.1 Å². The largest absolute Gasteiger partial charge is 0.311 e. The molecule has 2 aliphatic heterocycles. The van der Waals surface area contributed by atoms with Gasteiger partial charge in [0.25, 0.3) is 0 Å². The van der Waals surface area contributed by atoms with Crippen LogP contribution < -0.4 is 5.32 Å². The maximum absolute atomic E-state index is 13.5. The third kappa shape index (κ3) is 1.93. The summed E-state index contributed by atoms with van der Waals surface area (Å²) in [4.78, 5) is 2.08. The first kappa shape index (κ1) is 11.0. The molecule has 1 aromatic rings. The fourth-order valence-corrected chi connectivity index (χ4v) is 2.78. The number of nitrogens with zero attached hydrogens (tertiary/aromatic N) is 1. The molecule has 2 fully saturated rings. The molecule has 0 amide bonds. The Morgan fingerprint density at radius 2 is 2.12 bits per heavy atom. The topological polar surface area (TPSA) is 15.3 Å². The van der Waals surface area contributed by atoms with Gasteiger partial charge in [-0.3, -0.25) is 4.90 Å². The lowest BCUT2D eigenvalue weighted by molar-refractivity contribution is 0.214. The molecule has 17 heavy (non-hydrogen) atoms. The number of halogens is 3. The van der Waals surface area contributed by atoms with Crippen LogP contribution in [0.25, 0.3) is 0 Å². The fourth-order valence-electron chi connectivity index (χ4n) is 2.78. The summed E-state index contributed by atoms with van der Waals surface area (Å²) in [5.74, 6) is -2.76. The van der Waals surface area contributed by atoms with Gasteiger partial charge in [-0.2, -0.15) is 0 Å². The monoisotopic (exact) mass is 242 g/mol. The summed E-state index contributed by atoms with van der Waals surface area (Å²) in [7, 11) is 0. The molecule has 2 saturated heterocycles. The smallest absolute Gasteiger partial charge is 0.163 e. The van der Waals surface area contributed by atoms with E-state index in [1.165, 1.54) is 0 Å². The Kier molecular flexibility index (Phi) is 2.60. The number of likely N-dealkylation sites (tertiary alicyclic amines) is 1. The first-order valence-corrected chi connectivity index (χ1v) is 5.74. The van der Waals surface area contributed by atoms with Gasteiger partial charge in [0, 0.05) is 43.3 Å². The minimum absolute atomic E-state index is 0.107. The van der Waals surface area contributed by atoms with Gasteiger partial charge in [0.2, 0.25) is 0 Å². The van der Waals surface area contributed by atoms with Crippen molar-refractivity contribution in [2.75, 3.05) is 13.1 Å².